The van der Waals surface area contributed by atoms with Crippen molar-refractivity contribution in [1.82, 2.24) is 4.90 Å². The molecule has 1 aliphatic heterocycles. The number of rotatable bonds is 2. The minimum atomic E-state index is -0.209. The zero-order valence-electron chi connectivity index (χ0n) is 8.56. The highest BCUT2D eigenvalue weighted by molar-refractivity contribution is 5.32. The Morgan fingerprint density at radius 3 is 2.67 bits per heavy atom. The van der Waals surface area contributed by atoms with Gasteiger partial charge in [-0.05, 0) is 43.6 Å². The Morgan fingerprint density at radius 1 is 1.33 bits per heavy atom. The lowest BCUT2D eigenvalue weighted by atomic mass is 10.1. The van der Waals surface area contributed by atoms with Gasteiger partial charge in [0.25, 0.3) is 0 Å². The molecule has 1 unspecified atom stereocenters. The zero-order valence-corrected chi connectivity index (χ0v) is 8.56. The Kier molecular flexibility index (Phi) is 2.89. The number of aromatic hydroxyl groups is 1. The van der Waals surface area contributed by atoms with Crippen LogP contribution in [0.15, 0.2) is 24.3 Å². The number of benzene rings is 1. The van der Waals surface area contributed by atoms with Crippen LogP contribution in [0.25, 0.3) is 0 Å². The molecule has 15 heavy (non-hydrogen) atoms. The van der Waals surface area contributed by atoms with E-state index in [1.807, 2.05) is 6.07 Å². The third-order valence-electron chi connectivity index (χ3n) is 2.81. The first-order chi connectivity index (χ1) is 7.31. The molecule has 0 aliphatic carbocycles. The molecular weight excluding hydrogens is 188 g/mol. The van der Waals surface area contributed by atoms with Crippen LogP contribution in [0, 0.1) is 11.3 Å². The molecule has 1 heterocycles. The van der Waals surface area contributed by atoms with Crippen molar-refractivity contribution < 1.29 is 5.11 Å². The number of hydrogen-bond donors (Lipinski definition) is 1. The van der Waals surface area contributed by atoms with E-state index in [2.05, 4.69) is 11.0 Å². The van der Waals surface area contributed by atoms with E-state index in [0.29, 0.717) is 0 Å². The molecule has 1 aliphatic rings. The molecule has 0 saturated carbocycles. The molecule has 1 saturated heterocycles. The normalized spacial score (nSPS) is 18.6. The summed E-state index contributed by atoms with van der Waals surface area (Å²) in [5.41, 5.74) is 0.888. The average molecular weight is 202 g/mol. The second-order valence-corrected chi connectivity index (χ2v) is 3.87. The summed E-state index contributed by atoms with van der Waals surface area (Å²) >= 11 is 0. The van der Waals surface area contributed by atoms with Crippen molar-refractivity contribution in [1.29, 1.82) is 5.26 Å². The first-order valence-electron chi connectivity index (χ1n) is 5.24. The summed E-state index contributed by atoms with van der Waals surface area (Å²) in [6.45, 7) is 1.96. The minimum absolute atomic E-state index is 0.209. The van der Waals surface area contributed by atoms with Gasteiger partial charge in [-0.15, -0.1) is 0 Å². The highest BCUT2D eigenvalue weighted by Gasteiger charge is 2.22. The molecule has 3 nitrogen and oxygen atoms in total. The van der Waals surface area contributed by atoms with Crippen LogP contribution >= 0.6 is 0 Å². The molecule has 1 atom stereocenters. The van der Waals surface area contributed by atoms with E-state index < -0.39 is 0 Å². The topological polar surface area (TPSA) is 47.3 Å². The molecule has 1 N–H and O–H groups in total. The standard InChI is InChI=1S/C12H14N2O/c13-9-12(14-6-1-2-7-14)10-4-3-5-11(15)8-10/h3-5,8,12,15H,1-2,6-7H2. The van der Waals surface area contributed by atoms with Crippen molar-refractivity contribution in [2.75, 3.05) is 13.1 Å². The van der Waals surface area contributed by atoms with E-state index in [-0.39, 0.29) is 11.8 Å². The van der Waals surface area contributed by atoms with Gasteiger partial charge in [-0.25, -0.2) is 0 Å². The van der Waals surface area contributed by atoms with Crippen molar-refractivity contribution in [3.05, 3.63) is 29.8 Å². The fourth-order valence-electron chi connectivity index (χ4n) is 2.06. The van der Waals surface area contributed by atoms with Crippen LogP contribution in [0.4, 0.5) is 0 Å². The van der Waals surface area contributed by atoms with Gasteiger partial charge in [0.15, 0.2) is 0 Å². The highest BCUT2D eigenvalue weighted by atomic mass is 16.3. The molecule has 0 amide bonds. The van der Waals surface area contributed by atoms with E-state index in [1.165, 1.54) is 0 Å². The van der Waals surface area contributed by atoms with E-state index >= 15 is 0 Å². The Balaban J connectivity index is 2.23. The van der Waals surface area contributed by atoms with Crippen molar-refractivity contribution in [3.63, 3.8) is 0 Å². The number of nitriles is 1. The fraction of sp³-hybridized carbons (Fsp3) is 0.417. The van der Waals surface area contributed by atoms with Crippen LogP contribution in [0.3, 0.4) is 0 Å². The summed E-state index contributed by atoms with van der Waals surface area (Å²) in [4.78, 5) is 2.16. The molecule has 1 aromatic carbocycles. The van der Waals surface area contributed by atoms with Crippen molar-refractivity contribution >= 4 is 0 Å². The molecule has 0 spiro atoms. The summed E-state index contributed by atoms with van der Waals surface area (Å²) in [5, 5.41) is 18.5. The van der Waals surface area contributed by atoms with Gasteiger partial charge in [0, 0.05) is 0 Å². The maximum atomic E-state index is 9.37. The van der Waals surface area contributed by atoms with Gasteiger partial charge in [-0.1, -0.05) is 12.1 Å². The second kappa shape index (κ2) is 4.33. The SMILES string of the molecule is N#CC(c1cccc(O)c1)N1CCCC1. The van der Waals surface area contributed by atoms with Gasteiger partial charge in [0.2, 0.25) is 0 Å². The molecule has 2 rings (SSSR count). The largest absolute Gasteiger partial charge is 0.508 e. The number of phenols is 1. The molecule has 0 bridgehead atoms. The van der Waals surface area contributed by atoms with Crippen LogP contribution < -0.4 is 0 Å². The van der Waals surface area contributed by atoms with Crippen molar-refractivity contribution in [2.45, 2.75) is 18.9 Å². The third kappa shape index (κ3) is 2.11. The predicted molar refractivity (Wildman–Crippen MR) is 57.3 cm³/mol. The quantitative estimate of drug-likeness (QED) is 0.798. The van der Waals surface area contributed by atoms with Crippen LogP contribution in [-0.4, -0.2) is 23.1 Å². The monoisotopic (exact) mass is 202 g/mol. The Labute approximate surface area is 89.6 Å². The van der Waals surface area contributed by atoms with E-state index in [4.69, 9.17) is 5.26 Å². The molecule has 3 heteroatoms. The van der Waals surface area contributed by atoms with E-state index in [1.54, 1.807) is 18.2 Å². The molecule has 0 radical (unpaired) electrons. The summed E-state index contributed by atoms with van der Waals surface area (Å²) < 4.78 is 0. The number of likely N-dealkylation sites (tertiary alicyclic amines) is 1. The van der Waals surface area contributed by atoms with Gasteiger partial charge >= 0.3 is 0 Å². The lowest BCUT2D eigenvalue weighted by molar-refractivity contribution is 0.294. The number of nitrogens with zero attached hydrogens (tertiary/aromatic N) is 2. The molecule has 0 aromatic heterocycles. The molecular formula is C12H14N2O. The van der Waals surface area contributed by atoms with Crippen LogP contribution in [0.2, 0.25) is 0 Å². The number of hydrogen-bond acceptors (Lipinski definition) is 3. The van der Waals surface area contributed by atoms with Crippen molar-refractivity contribution in [2.24, 2.45) is 0 Å². The first-order valence-corrected chi connectivity index (χ1v) is 5.24. The maximum absolute atomic E-state index is 9.37. The van der Waals surface area contributed by atoms with E-state index in [0.717, 1.165) is 31.5 Å². The summed E-state index contributed by atoms with van der Waals surface area (Å²) in [6, 6.07) is 9.07. The lowest BCUT2D eigenvalue weighted by Crippen LogP contribution is -2.24. The molecule has 78 valence electrons. The van der Waals surface area contributed by atoms with Crippen LogP contribution in [-0.2, 0) is 0 Å². The Hall–Kier alpha value is -1.53. The zero-order chi connectivity index (χ0) is 10.7. The Bertz CT molecular complexity index is 377. The van der Waals surface area contributed by atoms with Gasteiger partial charge < -0.3 is 5.11 Å². The van der Waals surface area contributed by atoms with Crippen LogP contribution in [0.5, 0.6) is 5.75 Å². The van der Waals surface area contributed by atoms with Gasteiger partial charge in [0.1, 0.15) is 11.8 Å². The molecule has 1 aromatic rings. The number of phenolic OH excluding ortho intramolecular Hbond substituents is 1. The summed E-state index contributed by atoms with van der Waals surface area (Å²) in [7, 11) is 0. The lowest BCUT2D eigenvalue weighted by Gasteiger charge is -2.21. The second-order valence-electron chi connectivity index (χ2n) is 3.87. The predicted octanol–water partition coefficient (Wildman–Crippen LogP) is 2.05. The maximum Gasteiger partial charge on any atom is 0.123 e. The average Bonchev–Trinajstić information content (AvgIpc) is 2.72. The van der Waals surface area contributed by atoms with Gasteiger partial charge in [-0.2, -0.15) is 5.26 Å². The fourth-order valence-corrected chi connectivity index (χ4v) is 2.06. The van der Waals surface area contributed by atoms with Gasteiger partial charge in [0.05, 0.1) is 6.07 Å². The minimum Gasteiger partial charge on any atom is -0.508 e. The molecule has 1 fully saturated rings. The van der Waals surface area contributed by atoms with Crippen molar-refractivity contribution in [3.8, 4) is 11.8 Å². The van der Waals surface area contributed by atoms with Crippen LogP contribution in [0.1, 0.15) is 24.4 Å². The summed E-state index contributed by atoms with van der Waals surface area (Å²) in [6.07, 6.45) is 2.33. The van der Waals surface area contributed by atoms with Gasteiger partial charge in [-0.3, -0.25) is 4.90 Å². The third-order valence-corrected chi connectivity index (χ3v) is 2.81. The van der Waals surface area contributed by atoms with E-state index in [9.17, 15) is 5.11 Å². The first kappa shape index (κ1) is 10.0. The smallest absolute Gasteiger partial charge is 0.123 e. The highest BCUT2D eigenvalue weighted by Crippen LogP contribution is 2.26. The summed E-state index contributed by atoms with van der Waals surface area (Å²) in [5.74, 6) is 0.229. The Morgan fingerprint density at radius 2 is 2.07 bits per heavy atom.